The molecule has 0 aromatic heterocycles. The van der Waals surface area contributed by atoms with E-state index >= 15 is 0 Å². The van der Waals surface area contributed by atoms with Crippen LogP contribution in [0.1, 0.15) is 155 Å². The van der Waals surface area contributed by atoms with Crippen LogP contribution in [0.3, 0.4) is 0 Å². The zero-order valence-corrected chi connectivity index (χ0v) is 24.5. The SMILES string of the molecule is CCCCCCCC(CCCCCCCCC1CC1CCCCCCCC(=O)OC)CCN(C)C. The van der Waals surface area contributed by atoms with Crippen LogP contribution >= 0.6 is 0 Å². The molecule has 0 aliphatic heterocycles. The van der Waals surface area contributed by atoms with Crippen molar-refractivity contribution in [1.82, 2.24) is 4.90 Å². The number of methoxy groups -OCH3 is 1. The van der Waals surface area contributed by atoms with Crippen LogP contribution in [0, 0.1) is 17.8 Å². The van der Waals surface area contributed by atoms with Crippen molar-refractivity contribution in [2.24, 2.45) is 17.8 Å². The predicted octanol–water partition coefficient (Wildman–Crippen LogP) is 9.58. The zero-order valence-electron chi connectivity index (χ0n) is 24.5. The lowest BCUT2D eigenvalue weighted by Gasteiger charge is -2.19. The predicted molar refractivity (Wildman–Crippen MR) is 153 cm³/mol. The smallest absolute Gasteiger partial charge is 0.305 e. The van der Waals surface area contributed by atoms with Crippen LogP contribution < -0.4 is 0 Å². The fraction of sp³-hybridized carbons (Fsp3) is 0.969. The highest BCUT2D eigenvalue weighted by molar-refractivity contribution is 5.68. The average molecular weight is 494 g/mol. The van der Waals surface area contributed by atoms with E-state index in [0.717, 1.165) is 24.2 Å². The van der Waals surface area contributed by atoms with Crippen LogP contribution in [0.5, 0.6) is 0 Å². The van der Waals surface area contributed by atoms with Crippen LogP contribution in [0.15, 0.2) is 0 Å². The van der Waals surface area contributed by atoms with Gasteiger partial charge in [0.1, 0.15) is 0 Å². The number of hydrogen-bond donors (Lipinski definition) is 0. The van der Waals surface area contributed by atoms with Crippen molar-refractivity contribution < 1.29 is 9.53 Å². The molecule has 35 heavy (non-hydrogen) atoms. The number of carbonyl (C=O) groups excluding carboxylic acids is 1. The molecule has 1 aliphatic carbocycles. The molecule has 0 radical (unpaired) electrons. The van der Waals surface area contributed by atoms with Crippen molar-refractivity contribution in [2.45, 2.75) is 155 Å². The second kappa shape index (κ2) is 22.6. The Kier molecular flexibility index (Phi) is 21.0. The summed E-state index contributed by atoms with van der Waals surface area (Å²) in [4.78, 5) is 13.5. The fourth-order valence-electron chi connectivity index (χ4n) is 5.78. The van der Waals surface area contributed by atoms with E-state index in [1.54, 1.807) is 0 Å². The Hall–Kier alpha value is -0.570. The van der Waals surface area contributed by atoms with Gasteiger partial charge in [0, 0.05) is 6.42 Å². The lowest BCUT2D eigenvalue weighted by Crippen LogP contribution is -2.17. The van der Waals surface area contributed by atoms with Crippen molar-refractivity contribution in [3.63, 3.8) is 0 Å². The van der Waals surface area contributed by atoms with Crippen LogP contribution in [0.4, 0.5) is 0 Å². The maximum atomic E-state index is 11.1. The van der Waals surface area contributed by atoms with Gasteiger partial charge in [-0.15, -0.1) is 0 Å². The molecule has 1 fully saturated rings. The third kappa shape index (κ3) is 20.2. The Morgan fingerprint density at radius 2 is 1.20 bits per heavy atom. The number of hydrogen-bond acceptors (Lipinski definition) is 3. The van der Waals surface area contributed by atoms with Gasteiger partial charge in [-0.3, -0.25) is 4.79 Å². The molecule has 0 N–H and O–H groups in total. The van der Waals surface area contributed by atoms with Gasteiger partial charge in [-0.1, -0.05) is 129 Å². The largest absolute Gasteiger partial charge is 0.469 e. The third-order valence-electron chi connectivity index (χ3n) is 8.39. The number of nitrogens with zero attached hydrogens (tertiary/aromatic N) is 1. The molecule has 0 aromatic rings. The quantitative estimate of drug-likeness (QED) is 0.0887. The first-order chi connectivity index (χ1) is 17.1. The molecule has 0 spiro atoms. The van der Waals surface area contributed by atoms with E-state index in [-0.39, 0.29) is 5.97 Å². The molecule has 3 atom stereocenters. The highest BCUT2D eigenvalue weighted by Gasteiger charge is 2.34. The van der Waals surface area contributed by atoms with E-state index < -0.39 is 0 Å². The number of carbonyl (C=O) groups is 1. The zero-order chi connectivity index (χ0) is 25.6. The normalized spacial score (nSPS) is 18.2. The fourth-order valence-corrected chi connectivity index (χ4v) is 5.78. The van der Waals surface area contributed by atoms with Gasteiger partial charge in [0.25, 0.3) is 0 Å². The molecule has 0 aromatic carbocycles. The lowest BCUT2D eigenvalue weighted by atomic mass is 9.91. The number of rotatable bonds is 26. The van der Waals surface area contributed by atoms with Crippen molar-refractivity contribution in [3.05, 3.63) is 0 Å². The van der Waals surface area contributed by atoms with Crippen molar-refractivity contribution in [2.75, 3.05) is 27.7 Å². The van der Waals surface area contributed by atoms with Crippen LogP contribution in [0.2, 0.25) is 0 Å². The van der Waals surface area contributed by atoms with E-state index in [0.29, 0.717) is 6.42 Å². The topological polar surface area (TPSA) is 29.5 Å². The monoisotopic (exact) mass is 493 g/mol. The number of esters is 1. The minimum absolute atomic E-state index is 0.0569. The highest BCUT2D eigenvalue weighted by atomic mass is 16.5. The summed E-state index contributed by atoms with van der Waals surface area (Å²) in [5, 5.41) is 0. The molecule has 0 bridgehead atoms. The van der Waals surface area contributed by atoms with Crippen LogP contribution in [-0.4, -0.2) is 38.6 Å². The minimum Gasteiger partial charge on any atom is -0.469 e. The van der Waals surface area contributed by atoms with Gasteiger partial charge in [-0.25, -0.2) is 0 Å². The van der Waals surface area contributed by atoms with Gasteiger partial charge in [0.05, 0.1) is 7.11 Å². The second-order valence-electron chi connectivity index (χ2n) is 12.0. The Bertz CT molecular complexity index is 478. The maximum absolute atomic E-state index is 11.1. The molecule has 3 nitrogen and oxygen atoms in total. The Labute approximate surface area is 220 Å². The van der Waals surface area contributed by atoms with Gasteiger partial charge < -0.3 is 9.64 Å². The molecule has 208 valence electrons. The first kappa shape index (κ1) is 32.5. The van der Waals surface area contributed by atoms with E-state index in [1.165, 1.54) is 148 Å². The maximum Gasteiger partial charge on any atom is 0.305 e. The Balaban J connectivity index is 1.90. The summed E-state index contributed by atoms with van der Waals surface area (Å²) in [5.41, 5.74) is 0. The molecule has 3 unspecified atom stereocenters. The van der Waals surface area contributed by atoms with Gasteiger partial charge in [0.15, 0.2) is 0 Å². The molecule has 1 saturated carbocycles. The average Bonchev–Trinajstić information content (AvgIpc) is 3.60. The van der Waals surface area contributed by atoms with Gasteiger partial charge >= 0.3 is 5.97 Å². The van der Waals surface area contributed by atoms with Gasteiger partial charge in [-0.2, -0.15) is 0 Å². The summed E-state index contributed by atoms with van der Waals surface area (Å²) in [7, 11) is 5.93. The van der Waals surface area contributed by atoms with Crippen molar-refractivity contribution in [1.29, 1.82) is 0 Å². The minimum atomic E-state index is -0.0569. The highest BCUT2D eigenvalue weighted by Crippen LogP contribution is 2.45. The molecular weight excluding hydrogens is 430 g/mol. The van der Waals surface area contributed by atoms with Crippen LogP contribution in [-0.2, 0) is 9.53 Å². The van der Waals surface area contributed by atoms with E-state index in [4.69, 9.17) is 4.74 Å². The van der Waals surface area contributed by atoms with E-state index in [9.17, 15) is 4.79 Å². The number of ether oxygens (including phenoxy) is 1. The molecular formula is C32H63NO2. The summed E-state index contributed by atoms with van der Waals surface area (Å²) >= 11 is 0. The summed E-state index contributed by atoms with van der Waals surface area (Å²) in [5.74, 6) is 3.01. The summed E-state index contributed by atoms with van der Waals surface area (Å²) < 4.78 is 4.70. The molecule has 1 rings (SSSR count). The van der Waals surface area contributed by atoms with Crippen molar-refractivity contribution in [3.8, 4) is 0 Å². The van der Waals surface area contributed by atoms with E-state index in [1.807, 2.05) is 0 Å². The molecule has 1 aliphatic rings. The molecule has 0 saturated heterocycles. The summed E-state index contributed by atoms with van der Waals surface area (Å²) in [6, 6.07) is 0. The van der Waals surface area contributed by atoms with Gasteiger partial charge in [-0.05, 0) is 57.7 Å². The molecule has 0 heterocycles. The van der Waals surface area contributed by atoms with Crippen LogP contribution in [0.25, 0.3) is 0 Å². The summed E-state index contributed by atoms with van der Waals surface area (Å²) in [6.07, 6.45) is 31.5. The van der Waals surface area contributed by atoms with E-state index in [2.05, 4.69) is 25.9 Å². The molecule has 0 amide bonds. The first-order valence-corrected chi connectivity index (χ1v) is 15.8. The summed E-state index contributed by atoms with van der Waals surface area (Å²) in [6.45, 7) is 3.57. The molecule has 3 heteroatoms. The second-order valence-corrected chi connectivity index (χ2v) is 12.0. The third-order valence-corrected chi connectivity index (χ3v) is 8.39. The Morgan fingerprint density at radius 3 is 1.71 bits per heavy atom. The number of unbranched alkanes of at least 4 members (excludes halogenated alkanes) is 13. The lowest BCUT2D eigenvalue weighted by molar-refractivity contribution is -0.140. The first-order valence-electron chi connectivity index (χ1n) is 15.8. The van der Waals surface area contributed by atoms with Crippen molar-refractivity contribution >= 4 is 5.97 Å². The standard InChI is InChI=1S/C32H63NO2/c1-5-6-7-11-16-21-29(26-27-33(2)3)22-17-12-8-9-13-18-23-30-28-31(30)24-19-14-10-15-20-25-32(34)35-4/h29-31H,5-28H2,1-4H3. The van der Waals surface area contributed by atoms with Gasteiger partial charge in [0.2, 0.25) is 0 Å². The Morgan fingerprint density at radius 1 is 0.714 bits per heavy atom.